The Bertz CT molecular complexity index is 590. The summed E-state index contributed by atoms with van der Waals surface area (Å²) < 4.78 is 0. The van der Waals surface area contributed by atoms with Crippen LogP contribution in [-0.4, -0.2) is 53.2 Å². The van der Waals surface area contributed by atoms with Gasteiger partial charge >= 0.3 is 0 Å². The molecule has 0 aliphatic carbocycles. The highest BCUT2D eigenvalue weighted by Gasteiger charge is 2.27. The van der Waals surface area contributed by atoms with E-state index in [9.17, 15) is 19.7 Å². The highest BCUT2D eigenvalue weighted by molar-refractivity contribution is 6.34. The second-order valence-corrected chi connectivity index (χ2v) is 4.87. The van der Waals surface area contributed by atoms with Gasteiger partial charge in [0.05, 0.1) is 15.5 Å². The summed E-state index contributed by atoms with van der Waals surface area (Å²) in [5, 5.41) is 10.9. The van der Waals surface area contributed by atoms with E-state index in [0.29, 0.717) is 13.1 Å². The van der Waals surface area contributed by atoms with E-state index in [1.165, 1.54) is 21.9 Å². The van der Waals surface area contributed by atoms with Crippen LogP contribution >= 0.6 is 11.6 Å². The average molecular weight is 298 g/mol. The predicted octanol–water partition coefficient (Wildman–Crippen LogP) is 1.16. The van der Waals surface area contributed by atoms with Crippen LogP contribution in [0.25, 0.3) is 0 Å². The van der Waals surface area contributed by atoms with E-state index in [0.717, 1.165) is 6.07 Å². The highest BCUT2D eigenvalue weighted by Crippen LogP contribution is 2.23. The van der Waals surface area contributed by atoms with Gasteiger partial charge < -0.3 is 9.80 Å². The molecule has 0 radical (unpaired) electrons. The largest absolute Gasteiger partial charge is 0.342 e. The standard InChI is InChI=1S/C12H12ClN3O4/c1-14-4-5-15(7-11(14)17)12(18)9-6-8(16(19)20)2-3-10(9)13/h2-3,6H,4-5,7H2,1H3. The lowest BCUT2D eigenvalue weighted by atomic mass is 10.1. The van der Waals surface area contributed by atoms with Crippen molar-refractivity contribution in [2.75, 3.05) is 26.7 Å². The number of halogens is 1. The Labute approximate surface area is 119 Å². The van der Waals surface area contributed by atoms with E-state index in [1.807, 2.05) is 0 Å². The van der Waals surface area contributed by atoms with Crippen LogP contribution in [-0.2, 0) is 4.79 Å². The first-order chi connectivity index (χ1) is 9.40. The van der Waals surface area contributed by atoms with Crippen LogP contribution in [0.15, 0.2) is 18.2 Å². The molecule has 20 heavy (non-hydrogen) atoms. The molecular formula is C12H12ClN3O4. The third-order valence-electron chi connectivity index (χ3n) is 3.14. The van der Waals surface area contributed by atoms with Crippen molar-refractivity contribution in [3.63, 3.8) is 0 Å². The SMILES string of the molecule is CN1CCN(C(=O)c2cc([N+](=O)[O-])ccc2Cl)CC1=O. The number of carbonyl (C=O) groups excluding carboxylic acids is 2. The first kappa shape index (κ1) is 14.3. The fourth-order valence-corrected chi connectivity index (χ4v) is 2.09. The molecular weight excluding hydrogens is 286 g/mol. The van der Waals surface area contributed by atoms with Crippen molar-refractivity contribution in [3.8, 4) is 0 Å². The summed E-state index contributed by atoms with van der Waals surface area (Å²) in [4.78, 5) is 36.9. The highest BCUT2D eigenvalue weighted by atomic mass is 35.5. The van der Waals surface area contributed by atoms with Gasteiger partial charge in [-0.1, -0.05) is 11.6 Å². The van der Waals surface area contributed by atoms with Gasteiger partial charge in [0.15, 0.2) is 0 Å². The summed E-state index contributed by atoms with van der Waals surface area (Å²) in [6, 6.07) is 3.67. The van der Waals surface area contributed by atoms with Crippen LogP contribution in [0.4, 0.5) is 5.69 Å². The van der Waals surface area contributed by atoms with Crippen LogP contribution < -0.4 is 0 Å². The number of hydrogen-bond acceptors (Lipinski definition) is 4. The molecule has 0 bridgehead atoms. The summed E-state index contributed by atoms with van der Waals surface area (Å²) in [6.07, 6.45) is 0. The molecule has 106 valence electrons. The van der Waals surface area contributed by atoms with Gasteiger partial charge in [-0.25, -0.2) is 0 Å². The minimum atomic E-state index is -0.595. The molecule has 0 unspecified atom stereocenters. The number of nitro benzene ring substituents is 1. The number of amides is 2. The number of benzene rings is 1. The van der Waals surface area contributed by atoms with Gasteiger partial charge in [-0.05, 0) is 6.07 Å². The lowest BCUT2D eigenvalue weighted by molar-refractivity contribution is -0.384. The predicted molar refractivity (Wildman–Crippen MR) is 71.6 cm³/mol. The van der Waals surface area contributed by atoms with Crippen molar-refractivity contribution in [3.05, 3.63) is 38.9 Å². The minimum Gasteiger partial charge on any atom is -0.342 e. The van der Waals surface area contributed by atoms with Gasteiger partial charge in [0.2, 0.25) is 5.91 Å². The van der Waals surface area contributed by atoms with Crippen LogP contribution in [0.5, 0.6) is 0 Å². The molecule has 2 rings (SSSR count). The van der Waals surface area contributed by atoms with E-state index >= 15 is 0 Å². The lowest BCUT2D eigenvalue weighted by Gasteiger charge is -2.32. The van der Waals surface area contributed by atoms with Gasteiger partial charge in [-0.15, -0.1) is 0 Å². The molecule has 0 saturated carbocycles. The van der Waals surface area contributed by atoms with E-state index in [1.54, 1.807) is 7.05 Å². The third kappa shape index (κ3) is 2.72. The molecule has 1 aliphatic rings. The molecule has 1 heterocycles. The van der Waals surface area contributed by atoms with Gasteiger partial charge in [0.25, 0.3) is 11.6 Å². The van der Waals surface area contributed by atoms with E-state index in [-0.39, 0.29) is 28.7 Å². The molecule has 7 nitrogen and oxygen atoms in total. The summed E-state index contributed by atoms with van der Waals surface area (Å²) in [7, 11) is 1.66. The molecule has 0 atom stereocenters. The van der Waals surface area contributed by atoms with Crippen LogP contribution in [0.2, 0.25) is 5.02 Å². The summed E-state index contributed by atoms with van der Waals surface area (Å²) >= 11 is 5.91. The van der Waals surface area contributed by atoms with Crippen molar-refractivity contribution >= 4 is 29.1 Å². The van der Waals surface area contributed by atoms with Crippen LogP contribution in [0, 0.1) is 10.1 Å². The second-order valence-electron chi connectivity index (χ2n) is 4.46. The van der Waals surface area contributed by atoms with Gasteiger partial charge in [-0.3, -0.25) is 19.7 Å². The zero-order valence-corrected chi connectivity index (χ0v) is 11.5. The topological polar surface area (TPSA) is 83.8 Å². The number of non-ortho nitro benzene ring substituents is 1. The normalized spacial score (nSPS) is 15.4. The molecule has 1 saturated heterocycles. The molecule has 0 aromatic heterocycles. The molecule has 1 aliphatic heterocycles. The zero-order chi connectivity index (χ0) is 14.9. The smallest absolute Gasteiger partial charge is 0.270 e. The van der Waals surface area contributed by atoms with Gasteiger partial charge in [-0.2, -0.15) is 0 Å². The number of likely N-dealkylation sites (N-methyl/N-ethyl adjacent to an activating group) is 1. The van der Waals surface area contributed by atoms with Crippen LogP contribution in [0.1, 0.15) is 10.4 Å². The Morgan fingerprint density at radius 2 is 2.10 bits per heavy atom. The maximum Gasteiger partial charge on any atom is 0.270 e. The van der Waals surface area contributed by atoms with Gasteiger partial charge in [0, 0.05) is 32.3 Å². The Balaban J connectivity index is 2.27. The summed E-state index contributed by atoms with van der Waals surface area (Å²) in [6.45, 7) is 0.756. The molecule has 1 fully saturated rings. The average Bonchev–Trinajstić information content (AvgIpc) is 2.41. The van der Waals surface area contributed by atoms with E-state index < -0.39 is 10.8 Å². The van der Waals surface area contributed by atoms with E-state index in [4.69, 9.17) is 11.6 Å². The lowest BCUT2D eigenvalue weighted by Crippen LogP contribution is -2.50. The monoisotopic (exact) mass is 297 g/mol. The fourth-order valence-electron chi connectivity index (χ4n) is 1.89. The van der Waals surface area contributed by atoms with Crippen molar-refractivity contribution < 1.29 is 14.5 Å². The van der Waals surface area contributed by atoms with Crippen molar-refractivity contribution in [2.24, 2.45) is 0 Å². The summed E-state index contributed by atoms with van der Waals surface area (Å²) in [5.41, 5.74) is -0.170. The number of carbonyl (C=O) groups is 2. The molecule has 1 aromatic rings. The maximum atomic E-state index is 12.3. The number of hydrogen-bond donors (Lipinski definition) is 0. The Hall–Kier alpha value is -2.15. The molecule has 2 amide bonds. The molecule has 0 N–H and O–H groups in total. The van der Waals surface area contributed by atoms with Crippen molar-refractivity contribution in [1.29, 1.82) is 0 Å². The first-order valence-corrected chi connectivity index (χ1v) is 6.25. The maximum absolute atomic E-state index is 12.3. The van der Waals surface area contributed by atoms with Crippen LogP contribution in [0.3, 0.4) is 0 Å². The quantitative estimate of drug-likeness (QED) is 0.606. The van der Waals surface area contributed by atoms with Gasteiger partial charge in [0.1, 0.15) is 6.54 Å². The van der Waals surface area contributed by atoms with Crippen molar-refractivity contribution in [1.82, 2.24) is 9.80 Å². The summed E-state index contributed by atoms with van der Waals surface area (Å²) in [5.74, 6) is -0.647. The Kier molecular flexibility index (Phi) is 3.89. The van der Waals surface area contributed by atoms with Crippen molar-refractivity contribution in [2.45, 2.75) is 0 Å². The number of rotatable bonds is 2. The van der Waals surface area contributed by atoms with E-state index in [2.05, 4.69) is 0 Å². The third-order valence-corrected chi connectivity index (χ3v) is 3.47. The zero-order valence-electron chi connectivity index (χ0n) is 10.7. The molecule has 8 heteroatoms. The molecule has 0 spiro atoms. The minimum absolute atomic E-state index is 0.0400. The first-order valence-electron chi connectivity index (χ1n) is 5.87. The number of piperazine rings is 1. The fraction of sp³-hybridized carbons (Fsp3) is 0.333. The second kappa shape index (κ2) is 5.46. The number of nitrogens with zero attached hydrogens (tertiary/aromatic N) is 3. The Morgan fingerprint density at radius 3 is 2.70 bits per heavy atom. The molecule has 1 aromatic carbocycles. The Morgan fingerprint density at radius 1 is 1.40 bits per heavy atom. The number of nitro groups is 1.